The van der Waals surface area contributed by atoms with Crippen LogP contribution in [0, 0.1) is 18.6 Å². The van der Waals surface area contributed by atoms with Crippen LogP contribution in [0.1, 0.15) is 17.2 Å². The van der Waals surface area contributed by atoms with Gasteiger partial charge in [-0.05, 0) is 30.7 Å². The van der Waals surface area contributed by atoms with Gasteiger partial charge in [-0.25, -0.2) is 13.6 Å². The fraction of sp³-hybridized carbons (Fsp3) is 0.188. The molecule has 0 saturated heterocycles. The molecule has 0 aliphatic heterocycles. The lowest BCUT2D eigenvalue weighted by molar-refractivity contribution is 0.170. The third-order valence-corrected chi connectivity index (χ3v) is 3.09. The molecular weight excluding hydrogens is 290 g/mol. The highest BCUT2D eigenvalue weighted by Gasteiger charge is 2.14. The van der Waals surface area contributed by atoms with Crippen molar-refractivity contribution in [3.05, 3.63) is 65.2 Å². The molecule has 2 aromatic carbocycles. The number of urea groups is 1. The van der Waals surface area contributed by atoms with Crippen molar-refractivity contribution in [2.75, 3.05) is 11.9 Å². The average molecular weight is 306 g/mol. The van der Waals surface area contributed by atoms with Crippen LogP contribution in [0.15, 0.2) is 42.5 Å². The number of rotatable bonds is 4. The Morgan fingerprint density at radius 2 is 1.91 bits per heavy atom. The first kappa shape index (κ1) is 15.9. The van der Waals surface area contributed by atoms with Gasteiger partial charge < -0.3 is 15.7 Å². The number of amides is 2. The van der Waals surface area contributed by atoms with Gasteiger partial charge in [0.2, 0.25) is 0 Å². The Hall–Kier alpha value is -2.47. The van der Waals surface area contributed by atoms with Crippen molar-refractivity contribution >= 4 is 11.7 Å². The van der Waals surface area contributed by atoms with Crippen LogP contribution in [0.5, 0.6) is 0 Å². The van der Waals surface area contributed by atoms with Crippen molar-refractivity contribution in [2.24, 2.45) is 0 Å². The third kappa shape index (κ3) is 4.02. The fourth-order valence-corrected chi connectivity index (χ4v) is 1.95. The number of aliphatic hydroxyl groups is 1. The number of hydrogen-bond acceptors (Lipinski definition) is 2. The number of carbonyl (C=O) groups excluding carboxylic acids is 1. The van der Waals surface area contributed by atoms with E-state index in [9.17, 15) is 18.7 Å². The van der Waals surface area contributed by atoms with Gasteiger partial charge in [-0.1, -0.05) is 24.3 Å². The van der Waals surface area contributed by atoms with Crippen LogP contribution in [0.25, 0.3) is 0 Å². The molecule has 0 spiro atoms. The van der Waals surface area contributed by atoms with Gasteiger partial charge in [0, 0.05) is 12.1 Å². The van der Waals surface area contributed by atoms with E-state index in [4.69, 9.17) is 0 Å². The van der Waals surface area contributed by atoms with E-state index in [1.54, 1.807) is 19.1 Å². The Balaban J connectivity index is 1.93. The second-order valence-electron chi connectivity index (χ2n) is 4.86. The molecule has 0 fully saturated rings. The first-order chi connectivity index (χ1) is 10.5. The quantitative estimate of drug-likeness (QED) is 0.812. The van der Waals surface area contributed by atoms with Gasteiger partial charge in [0.1, 0.15) is 11.6 Å². The molecule has 0 aromatic heterocycles. The number of hydrogen-bond donors (Lipinski definition) is 3. The zero-order valence-electron chi connectivity index (χ0n) is 11.9. The van der Waals surface area contributed by atoms with Crippen molar-refractivity contribution in [2.45, 2.75) is 13.0 Å². The average Bonchev–Trinajstić information content (AvgIpc) is 2.49. The van der Waals surface area contributed by atoms with Crippen LogP contribution >= 0.6 is 0 Å². The molecule has 0 bridgehead atoms. The van der Waals surface area contributed by atoms with E-state index in [1.807, 2.05) is 0 Å². The van der Waals surface area contributed by atoms with E-state index >= 15 is 0 Å². The van der Waals surface area contributed by atoms with Crippen molar-refractivity contribution < 1.29 is 18.7 Å². The molecular formula is C16H16F2N2O2. The lowest BCUT2D eigenvalue weighted by Crippen LogP contribution is -2.32. The Morgan fingerprint density at radius 1 is 1.18 bits per heavy atom. The van der Waals surface area contributed by atoms with Gasteiger partial charge in [0.05, 0.1) is 11.8 Å². The summed E-state index contributed by atoms with van der Waals surface area (Å²) in [4.78, 5) is 11.7. The molecule has 22 heavy (non-hydrogen) atoms. The molecule has 2 amide bonds. The maximum Gasteiger partial charge on any atom is 0.319 e. The van der Waals surface area contributed by atoms with Gasteiger partial charge in [0.25, 0.3) is 0 Å². The second-order valence-corrected chi connectivity index (χ2v) is 4.86. The minimum Gasteiger partial charge on any atom is -0.386 e. The standard InChI is InChI=1S/C16H16F2N2O2/c1-10-6-7-13(18)14(8-10)20-16(22)19-9-15(21)11-4-2-3-5-12(11)17/h2-8,15,21H,9H2,1H3,(H2,19,20,22)/t15-/m1/s1. The summed E-state index contributed by atoms with van der Waals surface area (Å²) in [7, 11) is 0. The molecule has 0 unspecified atom stereocenters. The number of benzene rings is 2. The zero-order valence-corrected chi connectivity index (χ0v) is 11.9. The highest BCUT2D eigenvalue weighted by molar-refractivity contribution is 5.89. The van der Waals surface area contributed by atoms with Crippen LogP contribution in [0.4, 0.5) is 19.3 Å². The Bertz CT molecular complexity index is 677. The number of carbonyl (C=O) groups is 1. The monoisotopic (exact) mass is 306 g/mol. The molecule has 3 N–H and O–H groups in total. The Kier molecular flexibility index (Phi) is 5.06. The molecule has 6 heteroatoms. The number of halogens is 2. The summed E-state index contributed by atoms with van der Waals surface area (Å²) in [5, 5.41) is 14.6. The molecule has 2 aromatic rings. The van der Waals surface area contributed by atoms with Crippen molar-refractivity contribution in [3.63, 3.8) is 0 Å². The predicted octanol–water partition coefficient (Wildman–Crippen LogP) is 3.13. The summed E-state index contributed by atoms with van der Waals surface area (Å²) < 4.78 is 27.0. The Labute approximate surface area is 126 Å². The highest BCUT2D eigenvalue weighted by Crippen LogP contribution is 2.17. The van der Waals surface area contributed by atoms with Gasteiger partial charge >= 0.3 is 6.03 Å². The number of aryl methyl sites for hydroxylation is 1. The summed E-state index contributed by atoms with van der Waals surface area (Å²) in [6, 6.07) is 9.39. The normalized spacial score (nSPS) is 11.8. The lowest BCUT2D eigenvalue weighted by Gasteiger charge is -2.14. The van der Waals surface area contributed by atoms with E-state index in [1.165, 1.54) is 30.3 Å². The SMILES string of the molecule is Cc1ccc(F)c(NC(=O)NC[C@@H](O)c2ccccc2F)c1. The molecule has 0 saturated carbocycles. The van der Waals surface area contributed by atoms with Gasteiger partial charge in [-0.3, -0.25) is 0 Å². The summed E-state index contributed by atoms with van der Waals surface area (Å²) in [6.07, 6.45) is -1.19. The van der Waals surface area contributed by atoms with Crippen molar-refractivity contribution in [3.8, 4) is 0 Å². The highest BCUT2D eigenvalue weighted by atomic mass is 19.1. The minimum atomic E-state index is -1.19. The van der Waals surface area contributed by atoms with Crippen LogP contribution in [-0.2, 0) is 0 Å². The molecule has 0 aliphatic rings. The molecule has 1 atom stereocenters. The molecule has 0 radical (unpaired) electrons. The second kappa shape index (κ2) is 7.00. The number of anilines is 1. The van der Waals surface area contributed by atoms with E-state index in [2.05, 4.69) is 10.6 Å². The van der Waals surface area contributed by atoms with Crippen molar-refractivity contribution in [1.82, 2.24) is 5.32 Å². The number of nitrogens with one attached hydrogen (secondary N) is 2. The van der Waals surface area contributed by atoms with E-state index < -0.39 is 23.8 Å². The lowest BCUT2D eigenvalue weighted by atomic mass is 10.1. The summed E-state index contributed by atoms with van der Waals surface area (Å²) in [5.74, 6) is -1.11. The van der Waals surface area contributed by atoms with Gasteiger partial charge in [0.15, 0.2) is 0 Å². The largest absolute Gasteiger partial charge is 0.386 e. The molecule has 4 nitrogen and oxygen atoms in total. The van der Waals surface area contributed by atoms with Crippen LogP contribution in [0.3, 0.4) is 0 Å². The molecule has 116 valence electrons. The van der Waals surface area contributed by atoms with Gasteiger partial charge in [-0.15, -0.1) is 0 Å². The van der Waals surface area contributed by atoms with Crippen LogP contribution in [-0.4, -0.2) is 17.7 Å². The fourth-order valence-electron chi connectivity index (χ4n) is 1.95. The number of aliphatic hydroxyl groups excluding tert-OH is 1. The van der Waals surface area contributed by atoms with Crippen LogP contribution in [0.2, 0.25) is 0 Å². The molecule has 0 heterocycles. The van der Waals surface area contributed by atoms with E-state index in [-0.39, 0.29) is 17.8 Å². The maximum absolute atomic E-state index is 13.5. The zero-order chi connectivity index (χ0) is 16.1. The van der Waals surface area contributed by atoms with E-state index in [0.717, 1.165) is 5.56 Å². The van der Waals surface area contributed by atoms with Gasteiger partial charge in [-0.2, -0.15) is 0 Å². The predicted molar refractivity (Wildman–Crippen MR) is 79.5 cm³/mol. The summed E-state index contributed by atoms with van der Waals surface area (Å²) in [5.41, 5.74) is 0.922. The first-order valence-corrected chi connectivity index (χ1v) is 6.71. The summed E-state index contributed by atoms with van der Waals surface area (Å²) in [6.45, 7) is 1.57. The maximum atomic E-state index is 13.5. The van der Waals surface area contributed by atoms with Crippen LogP contribution < -0.4 is 10.6 Å². The third-order valence-electron chi connectivity index (χ3n) is 3.09. The molecule has 0 aliphatic carbocycles. The smallest absolute Gasteiger partial charge is 0.319 e. The minimum absolute atomic E-state index is 0.0397. The molecule has 2 rings (SSSR count). The summed E-state index contributed by atoms with van der Waals surface area (Å²) >= 11 is 0. The van der Waals surface area contributed by atoms with Crippen molar-refractivity contribution in [1.29, 1.82) is 0 Å². The van der Waals surface area contributed by atoms with E-state index in [0.29, 0.717) is 0 Å². The topological polar surface area (TPSA) is 61.4 Å². The Morgan fingerprint density at radius 3 is 2.64 bits per heavy atom. The first-order valence-electron chi connectivity index (χ1n) is 6.71.